The normalized spacial score (nSPS) is 17.3. The number of guanidine groups is 1. The second kappa shape index (κ2) is 10.4. The van der Waals surface area contributed by atoms with Gasteiger partial charge in [0.25, 0.3) is 0 Å². The van der Waals surface area contributed by atoms with Gasteiger partial charge < -0.3 is 20.3 Å². The van der Waals surface area contributed by atoms with Gasteiger partial charge in [-0.3, -0.25) is 14.6 Å². The average molecular weight is 360 g/mol. The molecule has 7 nitrogen and oxygen atoms in total. The van der Waals surface area contributed by atoms with Crippen molar-refractivity contribution in [2.45, 2.75) is 38.1 Å². The van der Waals surface area contributed by atoms with Crippen molar-refractivity contribution >= 4 is 23.5 Å². The molecule has 2 N–H and O–H groups in total. The lowest BCUT2D eigenvalue weighted by molar-refractivity contribution is -0.140. The van der Waals surface area contributed by atoms with Crippen LogP contribution in [0, 0.1) is 0 Å². The van der Waals surface area contributed by atoms with E-state index in [0.29, 0.717) is 25.3 Å². The van der Waals surface area contributed by atoms with Crippen LogP contribution in [0.15, 0.2) is 35.3 Å². The van der Waals surface area contributed by atoms with Gasteiger partial charge in [0.15, 0.2) is 5.96 Å². The van der Waals surface area contributed by atoms with Crippen molar-refractivity contribution in [1.29, 1.82) is 0 Å². The largest absolute Gasteiger partial charge is 0.469 e. The highest BCUT2D eigenvalue weighted by atomic mass is 16.5. The Morgan fingerprint density at radius 1 is 1.27 bits per heavy atom. The molecule has 1 aliphatic heterocycles. The lowest BCUT2D eigenvalue weighted by Gasteiger charge is -2.19. The maximum absolute atomic E-state index is 12.3. The zero-order chi connectivity index (χ0) is 18.8. The first kappa shape index (κ1) is 19.8. The second-order valence-electron chi connectivity index (χ2n) is 6.27. The summed E-state index contributed by atoms with van der Waals surface area (Å²) in [7, 11) is 3.13. The molecule has 0 radical (unpaired) electrons. The number of benzene rings is 1. The molecule has 142 valence electrons. The van der Waals surface area contributed by atoms with Crippen LogP contribution in [0.1, 0.15) is 32.1 Å². The smallest absolute Gasteiger partial charge is 0.305 e. The number of carbonyl (C=O) groups excluding carboxylic acids is 2. The van der Waals surface area contributed by atoms with Crippen LogP contribution in [0.25, 0.3) is 0 Å². The van der Waals surface area contributed by atoms with Crippen LogP contribution in [0.5, 0.6) is 0 Å². The number of hydrogen-bond donors (Lipinski definition) is 2. The number of carbonyl (C=O) groups is 2. The summed E-state index contributed by atoms with van der Waals surface area (Å²) in [5, 5.41) is 6.58. The lowest BCUT2D eigenvalue weighted by Crippen LogP contribution is -2.44. The monoisotopic (exact) mass is 360 g/mol. The van der Waals surface area contributed by atoms with Crippen LogP contribution in [-0.4, -0.2) is 51.1 Å². The summed E-state index contributed by atoms with van der Waals surface area (Å²) in [6, 6.07) is 9.74. The van der Waals surface area contributed by atoms with Crippen LogP contribution in [0.3, 0.4) is 0 Å². The Kier molecular flexibility index (Phi) is 7.92. The molecule has 1 aromatic rings. The molecular formula is C19H28N4O3. The number of rotatable bonds is 8. The van der Waals surface area contributed by atoms with E-state index in [1.54, 1.807) is 11.9 Å². The molecule has 1 fully saturated rings. The number of methoxy groups -OCH3 is 1. The molecule has 0 aliphatic carbocycles. The minimum Gasteiger partial charge on any atom is -0.469 e. The Bertz CT molecular complexity index is 618. The van der Waals surface area contributed by atoms with Crippen molar-refractivity contribution in [3.63, 3.8) is 0 Å². The Hall–Kier alpha value is -2.57. The summed E-state index contributed by atoms with van der Waals surface area (Å²) in [6.07, 6.45) is 3.63. The van der Waals surface area contributed by atoms with Gasteiger partial charge in [0.1, 0.15) is 0 Å². The Morgan fingerprint density at radius 3 is 2.73 bits per heavy atom. The Morgan fingerprint density at radius 2 is 2.04 bits per heavy atom. The van der Waals surface area contributed by atoms with Gasteiger partial charge >= 0.3 is 5.97 Å². The third-order valence-corrected chi connectivity index (χ3v) is 4.34. The van der Waals surface area contributed by atoms with Crippen LogP contribution in [-0.2, 0) is 14.3 Å². The molecular weight excluding hydrogens is 332 g/mol. The first-order valence-electron chi connectivity index (χ1n) is 9.03. The highest BCUT2D eigenvalue weighted by Crippen LogP contribution is 2.20. The first-order chi connectivity index (χ1) is 12.6. The van der Waals surface area contributed by atoms with E-state index in [2.05, 4.69) is 20.4 Å². The predicted molar refractivity (Wildman–Crippen MR) is 102 cm³/mol. The van der Waals surface area contributed by atoms with Crippen molar-refractivity contribution in [2.24, 2.45) is 4.99 Å². The van der Waals surface area contributed by atoms with Gasteiger partial charge in [0, 0.05) is 38.7 Å². The molecule has 0 aromatic heterocycles. The molecule has 1 saturated heterocycles. The van der Waals surface area contributed by atoms with Gasteiger partial charge in [-0.2, -0.15) is 0 Å². The molecule has 1 aromatic carbocycles. The third-order valence-electron chi connectivity index (χ3n) is 4.34. The molecule has 0 spiro atoms. The number of anilines is 1. The number of nitrogens with one attached hydrogen (secondary N) is 2. The van der Waals surface area contributed by atoms with Crippen molar-refractivity contribution in [1.82, 2.24) is 10.6 Å². The molecule has 2 rings (SSSR count). The maximum Gasteiger partial charge on any atom is 0.305 e. The molecule has 7 heteroatoms. The topological polar surface area (TPSA) is 83.0 Å². The van der Waals surface area contributed by atoms with Crippen molar-refractivity contribution in [2.75, 3.05) is 32.1 Å². The van der Waals surface area contributed by atoms with Gasteiger partial charge in [-0.15, -0.1) is 0 Å². The summed E-state index contributed by atoms with van der Waals surface area (Å²) < 4.78 is 4.62. The van der Waals surface area contributed by atoms with Crippen molar-refractivity contribution in [3.8, 4) is 0 Å². The fourth-order valence-corrected chi connectivity index (χ4v) is 2.93. The molecule has 26 heavy (non-hydrogen) atoms. The number of amides is 1. The van der Waals surface area contributed by atoms with E-state index in [0.717, 1.165) is 31.5 Å². The van der Waals surface area contributed by atoms with Crippen LogP contribution < -0.4 is 15.5 Å². The van der Waals surface area contributed by atoms with E-state index in [1.165, 1.54) is 7.11 Å². The van der Waals surface area contributed by atoms with Gasteiger partial charge in [-0.25, -0.2) is 0 Å². The molecule has 1 atom stereocenters. The molecule has 1 unspecified atom stereocenters. The quantitative estimate of drug-likeness (QED) is 0.319. The summed E-state index contributed by atoms with van der Waals surface area (Å²) in [4.78, 5) is 29.3. The Balaban J connectivity index is 1.70. The van der Waals surface area contributed by atoms with E-state index in [9.17, 15) is 9.59 Å². The molecule has 1 aliphatic rings. The number of unbranched alkanes of at least 4 members (excludes halogenated alkanes) is 2. The van der Waals surface area contributed by atoms with Crippen LogP contribution in [0.2, 0.25) is 0 Å². The van der Waals surface area contributed by atoms with Crippen molar-refractivity contribution in [3.05, 3.63) is 30.3 Å². The lowest BCUT2D eigenvalue weighted by atomic mass is 10.2. The summed E-state index contributed by atoms with van der Waals surface area (Å²) >= 11 is 0. The third kappa shape index (κ3) is 6.06. The van der Waals surface area contributed by atoms with Gasteiger partial charge in [0.2, 0.25) is 5.91 Å². The van der Waals surface area contributed by atoms with Gasteiger partial charge in [-0.1, -0.05) is 24.6 Å². The van der Waals surface area contributed by atoms with Gasteiger partial charge in [-0.05, 0) is 25.0 Å². The molecule has 0 bridgehead atoms. The number of hydrogen-bond acceptors (Lipinski definition) is 4. The van der Waals surface area contributed by atoms with E-state index in [4.69, 9.17) is 0 Å². The molecule has 0 saturated carbocycles. The SMILES string of the molecule is CN=C(NCCCCCC(=O)OC)NC1CC(=O)N(c2ccccc2)C1. The van der Waals surface area contributed by atoms with E-state index in [1.807, 2.05) is 30.3 Å². The van der Waals surface area contributed by atoms with E-state index < -0.39 is 0 Å². The average Bonchev–Trinajstić information content (AvgIpc) is 3.04. The zero-order valence-electron chi connectivity index (χ0n) is 15.5. The predicted octanol–water partition coefficient (Wildman–Crippen LogP) is 1.69. The van der Waals surface area contributed by atoms with E-state index >= 15 is 0 Å². The number of esters is 1. The highest BCUT2D eigenvalue weighted by Gasteiger charge is 2.30. The van der Waals surface area contributed by atoms with Crippen LogP contribution >= 0.6 is 0 Å². The number of nitrogens with zero attached hydrogens (tertiary/aromatic N) is 2. The molecule has 1 amide bonds. The number of para-hydroxylation sites is 1. The standard InChI is InChI=1S/C19H28N4O3/c1-20-19(21-12-8-4-7-11-18(25)26-2)22-15-13-17(24)23(14-15)16-9-5-3-6-10-16/h3,5-6,9-10,15H,4,7-8,11-14H2,1-2H3,(H2,20,21,22). The molecule has 1 heterocycles. The summed E-state index contributed by atoms with van der Waals surface area (Å²) in [5.41, 5.74) is 0.926. The van der Waals surface area contributed by atoms with Gasteiger partial charge in [0.05, 0.1) is 13.2 Å². The minimum absolute atomic E-state index is 0.0354. The zero-order valence-corrected chi connectivity index (χ0v) is 15.5. The maximum atomic E-state index is 12.3. The number of ether oxygens (including phenoxy) is 1. The van der Waals surface area contributed by atoms with E-state index in [-0.39, 0.29) is 17.9 Å². The number of aliphatic imine (C=N–C) groups is 1. The van der Waals surface area contributed by atoms with Crippen LogP contribution in [0.4, 0.5) is 5.69 Å². The fourth-order valence-electron chi connectivity index (χ4n) is 2.93. The summed E-state index contributed by atoms with van der Waals surface area (Å²) in [5.74, 6) is 0.655. The first-order valence-corrected chi connectivity index (χ1v) is 9.03. The Labute approximate surface area is 154 Å². The minimum atomic E-state index is -0.163. The highest BCUT2D eigenvalue weighted by molar-refractivity contribution is 5.97. The fraction of sp³-hybridized carbons (Fsp3) is 0.526. The van der Waals surface area contributed by atoms with Crippen molar-refractivity contribution < 1.29 is 14.3 Å². The summed E-state index contributed by atoms with van der Waals surface area (Å²) in [6.45, 7) is 1.40. The second-order valence-corrected chi connectivity index (χ2v) is 6.27.